The number of fused-ring (bicyclic) bond motifs is 4. The molecular weight excluding hydrogens is 352 g/mol. The molecule has 0 aromatic heterocycles. The Morgan fingerprint density at radius 1 is 0.250 bits per heavy atom. The fourth-order valence-corrected chi connectivity index (χ4v) is 2.95. The van der Waals surface area contributed by atoms with E-state index in [0.29, 0.717) is 46.0 Å². The lowest BCUT2D eigenvalue weighted by Crippen LogP contribution is -1.97. The number of para-hydroxylation sites is 8. The van der Waals surface area contributed by atoms with Gasteiger partial charge in [0.2, 0.25) is 0 Å². The standard InChI is InChI=1S/C24H16O4/c1-2-10-18-17(9-1)25-19-11-3-4-12-20(19)27-23-15-7-8-16-24(23)28-22-14-6-5-13-21(22)26-18/h1-16H. The third-order valence-corrected chi connectivity index (χ3v) is 4.28. The van der Waals surface area contributed by atoms with Crippen molar-refractivity contribution in [3.63, 3.8) is 0 Å². The SMILES string of the molecule is c1ccc2c(c1)Oc1ccccc1Oc1ccccc1Oc1ccccc1O2. The quantitative estimate of drug-likeness (QED) is 0.290. The molecule has 1 aliphatic heterocycles. The van der Waals surface area contributed by atoms with Crippen molar-refractivity contribution in [2.45, 2.75) is 0 Å². The number of hydrogen-bond acceptors (Lipinski definition) is 4. The molecule has 0 aliphatic carbocycles. The van der Waals surface area contributed by atoms with Crippen molar-refractivity contribution >= 4 is 0 Å². The summed E-state index contributed by atoms with van der Waals surface area (Å²) < 4.78 is 24.6. The second-order valence-electron chi connectivity index (χ2n) is 6.20. The first-order valence-corrected chi connectivity index (χ1v) is 8.94. The van der Waals surface area contributed by atoms with Crippen LogP contribution in [0.15, 0.2) is 97.1 Å². The van der Waals surface area contributed by atoms with Gasteiger partial charge in [0.1, 0.15) is 0 Å². The van der Waals surface area contributed by atoms with Crippen molar-refractivity contribution in [2.75, 3.05) is 0 Å². The summed E-state index contributed by atoms with van der Waals surface area (Å²) in [5, 5.41) is 0. The van der Waals surface area contributed by atoms with Gasteiger partial charge in [-0.3, -0.25) is 0 Å². The Kier molecular flexibility index (Phi) is 4.07. The van der Waals surface area contributed by atoms with Crippen molar-refractivity contribution in [1.29, 1.82) is 0 Å². The molecule has 0 radical (unpaired) electrons. The molecule has 0 unspecified atom stereocenters. The third kappa shape index (κ3) is 3.12. The van der Waals surface area contributed by atoms with E-state index in [1.807, 2.05) is 97.1 Å². The minimum Gasteiger partial charge on any atom is -0.450 e. The maximum Gasteiger partial charge on any atom is 0.170 e. The van der Waals surface area contributed by atoms with Crippen molar-refractivity contribution < 1.29 is 18.9 Å². The minimum atomic E-state index is 0.585. The van der Waals surface area contributed by atoms with Crippen LogP contribution in [0.5, 0.6) is 46.0 Å². The molecule has 0 N–H and O–H groups in total. The second kappa shape index (κ2) is 7.00. The summed E-state index contributed by atoms with van der Waals surface area (Å²) in [6, 6.07) is 30.0. The first kappa shape index (κ1) is 16.3. The Morgan fingerprint density at radius 2 is 0.393 bits per heavy atom. The van der Waals surface area contributed by atoms with Gasteiger partial charge < -0.3 is 18.9 Å². The van der Waals surface area contributed by atoms with E-state index in [4.69, 9.17) is 18.9 Å². The highest BCUT2D eigenvalue weighted by molar-refractivity contribution is 5.54. The molecule has 0 spiro atoms. The molecule has 0 atom stereocenters. The van der Waals surface area contributed by atoms with Crippen LogP contribution in [0.2, 0.25) is 0 Å². The van der Waals surface area contributed by atoms with E-state index < -0.39 is 0 Å². The summed E-state index contributed by atoms with van der Waals surface area (Å²) in [5.74, 6) is 4.68. The average molecular weight is 368 g/mol. The zero-order chi connectivity index (χ0) is 18.8. The number of rotatable bonds is 0. The summed E-state index contributed by atoms with van der Waals surface area (Å²) in [6.07, 6.45) is 0. The van der Waals surface area contributed by atoms with Gasteiger partial charge in [-0.15, -0.1) is 0 Å². The monoisotopic (exact) mass is 368 g/mol. The molecule has 1 aliphatic rings. The molecule has 4 heteroatoms. The normalized spacial score (nSPS) is 12.0. The molecular formula is C24H16O4. The van der Waals surface area contributed by atoms with Crippen molar-refractivity contribution in [2.24, 2.45) is 0 Å². The van der Waals surface area contributed by atoms with Gasteiger partial charge in [-0.25, -0.2) is 0 Å². The molecule has 28 heavy (non-hydrogen) atoms. The molecule has 0 amide bonds. The minimum absolute atomic E-state index is 0.585. The highest BCUT2D eigenvalue weighted by Crippen LogP contribution is 2.45. The van der Waals surface area contributed by atoms with Crippen molar-refractivity contribution in [1.82, 2.24) is 0 Å². The molecule has 0 saturated carbocycles. The lowest BCUT2D eigenvalue weighted by atomic mass is 10.2. The first-order chi connectivity index (χ1) is 13.9. The van der Waals surface area contributed by atoms with Crippen LogP contribution in [-0.4, -0.2) is 0 Å². The van der Waals surface area contributed by atoms with Gasteiger partial charge >= 0.3 is 0 Å². The molecule has 136 valence electrons. The Bertz CT molecular complexity index is 871. The Morgan fingerprint density at radius 3 is 0.536 bits per heavy atom. The van der Waals surface area contributed by atoms with Crippen molar-refractivity contribution in [3.8, 4) is 46.0 Å². The summed E-state index contributed by atoms with van der Waals surface area (Å²) in [4.78, 5) is 0. The van der Waals surface area contributed by atoms with Crippen LogP contribution >= 0.6 is 0 Å². The van der Waals surface area contributed by atoms with E-state index in [1.54, 1.807) is 0 Å². The molecule has 0 saturated heterocycles. The van der Waals surface area contributed by atoms with Gasteiger partial charge in [-0.2, -0.15) is 0 Å². The molecule has 1 heterocycles. The lowest BCUT2D eigenvalue weighted by molar-refractivity contribution is 0.359. The summed E-state index contributed by atoms with van der Waals surface area (Å²) >= 11 is 0. The molecule has 0 bridgehead atoms. The molecule has 5 rings (SSSR count). The Hall–Kier alpha value is -3.92. The predicted molar refractivity (Wildman–Crippen MR) is 106 cm³/mol. The number of ether oxygens (including phenoxy) is 4. The predicted octanol–water partition coefficient (Wildman–Crippen LogP) is 7.17. The summed E-state index contributed by atoms with van der Waals surface area (Å²) in [5.41, 5.74) is 0. The fourth-order valence-electron chi connectivity index (χ4n) is 2.95. The average Bonchev–Trinajstić information content (AvgIpc) is 2.73. The summed E-state index contributed by atoms with van der Waals surface area (Å²) in [7, 11) is 0. The fraction of sp³-hybridized carbons (Fsp3) is 0. The number of hydrogen-bond donors (Lipinski definition) is 0. The molecule has 4 aromatic rings. The zero-order valence-electron chi connectivity index (χ0n) is 14.9. The van der Waals surface area contributed by atoms with Gasteiger partial charge in [0.15, 0.2) is 46.0 Å². The third-order valence-electron chi connectivity index (χ3n) is 4.28. The molecule has 4 aromatic carbocycles. The second-order valence-corrected chi connectivity index (χ2v) is 6.20. The zero-order valence-corrected chi connectivity index (χ0v) is 14.9. The summed E-state index contributed by atoms with van der Waals surface area (Å²) in [6.45, 7) is 0. The smallest absolute Gasteiger partial charge is 0.170 e. The van der Waals surface area contributed by atoms with Crippen LogP contribution in [-0.2, 0) is 0 Å². The van der Waals surface area contributed by atoms with Gasteiger partial charge in [0.05, 0.1) is 0 Å². The maximum absolute atomic E-state index is 6.15. The van der Waals surface area contributed by atoms with E-state index in [9.17, 15) is 0 Å². The highest BCUT2D eigenvalue weighted by Gasteiger charge is 2.17. The van der Waals surface area contributed by atoms with Gasteiger partial charge in [-0.05, 0) is 48.5 Å². The first-order valence-electron chi connectivity index (χ1n) is 8.94. The molecule has 0 fully saturated rings. The van der Waals surface area contributed by atoms with Crippen LogP contribution in [0.3, 0.4) is 0 Å². The van der Waals surface area contributed by atoms with Crippen molar-refractivity contribution in [3.05, 3.63) is 97.1 Å². The number of benzene rings is 4. The van der Waals surface area contributed by atoms with E-state index >= 15 is 0 Å². The van der Waals surface area contributed by atoms with Crippen LogP contribution in [0.4, 0.5) is 0 Å². The van der Waals surface area contributed by atoms with Gasteiger partial charge in [0, 0.05) is 0 Å². The van der Waals surface area contributed by atoms with Gasteiger partial charge in [-0.1, -0.05) is 48.5 Å². The van der Waals surface area contributed by atoms with Gasteiger partial charge in [0.25, 0.3) is 0 Å². The van der Waals surface area contributed by atoms with Crippen LogP contribution in [0.1, 0.15) is 0 Å². The highest BCUT2D eigenvalue weighted by atomic mass is 16.6. The Labute approximate surface area is 162 Å². The van der Waals surface area contributed by atoms with Crippen LogP contribution < -0.4 is 18.9 Å². The molecule has 4 nitrogen and oxygen atoms in total. The lowest BCUT2D eigenvalue weighted by Gasteiger charge is -2.19. The van der Waals surface area contributed by atoms with E-state index in [0.717, 1.165) is 0 Å². The van der Waals surface area contributed by atoms with Crippen LogP contribution in [0, 0.1) is 0 Å². The van der Waals surface area contributed by atoms with E-state index in [-0.39, 0.29) is 0 Å². The Balaban J connectivity index is 1.70. The van der Waals surface area contributed by atoms with Crippen LogP contribution in [0.25, 0.3) is 0 Å². The van der Waals surface area contributed by atoms with E-state index in [1.165, 1.54) is 0 Å². The topological polar surface area (TPSA) is 36.9 Å². The largest absolute Gasteiger partial charge is 0.450 e. The maximum atomic E-state index is 6.15. The van der Waals surface area contributed by atoms with E-state index in [2.05, 4.69) is 0 Å².